The summed E-state index contributed by atoms with van der Waals surface area (Å²) in [5.41, 5.74) is 0. The van der Waals surface area contributed by atoms with Crippen LogP contribution in [0, 0.1) is 11.3 Å². The van der Waals surface area contributed by atoms with Gasteiger partial charge in [-0.05, 0) is 28.4 Å². The van der Waals surface area contributed by atoms with Gasteiger partial charge in [0.05, 0.1) is 5.00 Å². The van der Waals surface area contributed by atoms with Gasteiger partial charge < -0.3 is 5.32 Å². The highest BCUT2D eigenvalue weighted by molar-refractivity contribution is 9.10. The van der Waals surface area contributed by atoms with Gasteiger partial charge in [-0.15, -0.1) is 11.3 Å². The van der Waals surface area contributed by atoms with Gasteiger partial charge in [-0.3, -0.25) is 4.79 Å². The first-order valence-corrected chi connectivity index (χ1v) is 6.27. The molecule has 5 heteroatoms. The number of carbonyl (C=O) groups excluding carboxylic acids is 1. The van der Waals surface area contributed by atoms with Crippen LogP contribution in [0.2, 0.25) is 0 Å². The molecule has 0 aliphatic rings. The van der Waals surface area contributed by atoms with Crippen molar-refractivity contribution in [3.05, 3.63) is 15.4 Å². The van der Waals surface area contributed by atoms with Crippen LogP contribution in [0.25, 0.3) is 0 Å². The van der Waals surface area contributed by atoms with Crippen molar-refractivity contribution in [1.82, 2.24) is 0 Å². The minimum atomic E-state index is 0.00934. The maximum atomic E-state index is 11.4. The van der Waals surface area contributed by atoms with Gasteiger partial charge in [0.15, 0.2) is 0 Å². The molecule has 0 saturated carbocycles. The summed E-state index contributed by atoms with van der Waals surface area (Å²) in [5.74, 6) is 0.00934. The van der Waals surface area contributed by atoms with Gasteiger partial charge in [0.25, 0.3) is 0 Å². The largest absolute Gasteiger partial charge is 0.318 e. The highest BCUT2D eigenvalue weighted by atomic mass is 79.9. The van der Waals surface area contributed by atoms with E-state index in [4.69, 9.17) is 5.26 Å². The van der Waals surface area contributed by atoms with Gasteiger partial charge in [-0.1, -0.05) is 13.3 Å². The Morgan fingerprint density at radius 2 is 2.47 bits per heavy atom. The number of halogens is 1. The lowest BCUT2D eigenvalue weighted by Gasteiger charge is -1.99. The van der Waals surface area contributed by atoms with Gasteiger partial charge in [0, 0.05) is 10.9 Å². The number of unbranched alkanes of at least 4 members (excludes halogenated alkanes) is 1. The monoisotopic (exact) mass is 286 g/mol. The molecule has 0 unspecified atom stereocenters. The highest BCUT2D eigenvalue weighted by Gasteiger charge is 2.08. The van der Waals surface area contributed by atoms with E-state index in [1.54, 1.807) is 6.07 Å². The van der Waals surface area contributed by atoms with Gasteiger partial charge in [-0.2, -0.15) is 5.26 Å². The molecule has 1 N–H and O–H groups in total. The number of carbonyl (C=O) groups is 1. The summed E-state index contributed by atoms with van der Waals surface area (Å²) in [6, 6.07) is 3.81. The minimum Gasteiger partial charge on any atom is -0.318 e. The van der Waals surface area contributed by atoms with Crippen molar-refractivity contribution in [3.63, 3.8) is 0 Å². The average molecular weight is 287 g/mol. The van der Waals surface area contributed by atoms with E-state index >= 15 is 0 Å². The third kappa shape index (κ3) is 3.65. The summed E-state index contributed by atoms with van der Waals surface area (Å²) < 4.78 is 0.737. The van der Waals surface area contributed by atoms with Crippen LogP contribution in [0.15, 0.2) is 10.5 Å². The molecule has 0 saturated heterocycles. The van der Waals surface area contributed by atoms with Crippen molar-refractivity contribution >= 4 is 38.2 Å². The first kappa shape index (κ1) is 12.2. The highest BCUT2D eigenvalue weighted by Crippen LogP contribution is 2.30. The van der Waals surface area contributed by atoms with Crippen LogP contribution in [0.5, 0.6) is 0 Å². The van der Waals surface area contributed by atoms with Crippen LogP contribution in [0.3, 0.4) is 0 Å². The molecule has 15 heavy (non-hydrogen) atoms. The zero-order valence-corrected chi connectivity index (χ0v) is 10.7. The lowest BCUT2D eigenvalue weighted by molar-refractivity contribution is -0.116. The predicted octanol–water partition coefficient (Wildman–Crippen LogP) is 3.51. The number of hydrogen-bond donors (Lipinski definition) is 1. The number of nitrogens with zero attached hydrogens (tertiary/aromatic N) is 1. The second-order valence-corrected chi connectivity index (χ2v) is 4.96. The van der Waals surface area contributed by atoms with E-state index in [0.717, 1.165) is 22.3 Å². The number of hydrogen-bond acceptors (Lipinski definition) is 3. The zero-order valence-electron chi connectivity index (χ0n) is 8.34. The zero-order chi connectivity index (χ0) is 11.3. The fourth-order valence-corrected chi connectivity index (χ4v) is 2.52. The average Bonchev–Trinajstić information content (AvgIpc) is 2.55. The van der Waals surface area contributed by atoms with E-state index in [-0.39, 0.29) is 5.91 Å². The quantitative estimate of drug-likeness (QED) is 0.921. The van der Waals surface area contributed by atoms with Crippen molar-refractivity contribution in [2.45, 2.75) is 26.2 Å². The van der Waals surface area contributed by atoms with Gasteiger partial charge in [0.1, 0.15) is 10.9 Å². The number of thiophene rings is 1. The van der Waals surface area contributed by atoms with E-state index in [9.17, 15) is 4.79 Å². The van der Waals surface area contributed by atoms with Gasteiger partial charge >= 0.3 is 0 Å². The lowest BCUT2D eigenvalue weighted by Crippen LogP contribution is -2.09. The van der Waals surface area contributed by atoms with Gasteiger partial charge in [0.2, 0.25) is 5.91 Å². The summed E-state index contributed by atoms with van der Waals surface area (Å²) in [6.45, 7) is 2.04. The molecule has 0 bridgehead atoms. The molecule has 0 aromatic carbocycles. The fourth-order valence-electron chi connectivity index (χ4n) is 1.04. The molecule has 3 nitrogen and oxygen atoms in total. The van der Waals surface area contributed by atoms with E-state index in [2.05, 4.69) is 27.3 Å². The summed E-state index contributed by atoms with van der Waals surface area (Å²) in [4.78, 5) is 12.0. The molecular weight excluding hydrogens is 276 g/mol. The normalized spacial score (nSPS) is 9.67. The van der Waals surface area contributed by atoms with E-state index < -0.39 is 0 Å². The molecule has 1 aromatic heterocycles. The van der Waals surface area contributed by atoms with E-state index in [1.165, 1.54) is 11.3 Å². The number of nitriles is 1. The molecule has 1 aromatic rings. The first-order valence-electron chi connectivity index (χ1n) is 4.66. The molecule has 80 valence electrons. The molecule has 1 amide bonds. The van der Waals surface area contributed by atoms with Crippen molar-refractivity contribution < 1.29 is 4.79 Å². The number of anilines is 1. The van der Waals surface area contributed by atoms with Crippen LogP contribution in [-0.2, 0) is 4.79 Å². The second kappa shape index (κ2) is 5.89. The Hall–Kier alpha value is -0.860. The van der Waals surface area contributed by atoms with Crippen molar-refractivity contribution in [3.8, 4) is 6.07 Å². The summed E-state index contributed by atoms with van der Waals surface area (Å²) >= 11 is 4.54. The Morgan fingerprint density at radius 3 is 3.00 bits per heavy atom. The molecule has 0 aliphatic carbocycles. The van der Waals surface area contributed by atoms with Crippen LogP contribution < -0.4 is 5.32 Å². The molecule has 0 spiro atoms. The number of amides is 1. The standard InChI is InChI=1S/C10H11BrN2OS/c1-2-3-4-9(14)13-10-5-7(11)8(6-12)15-10/h5H,2-4H2,1H3,(H,13,14). The molecule has 1 rings (SSSR count). The maximum Gasteiger partial charge on any atom is 0.224 e. The van der Waals surface area contributed by atoms with E-state index in [0.29, 0.717) is 11.3 Å². The maximum absolute atomic E-state index is 11.4. The van der Waals surface area contributed by atoms with Crippen LogP contribution in [0.1, 0.15) is 31.1 Å². The minimum absolute atomic E-state index is 0.00934. The topological polar surface area (TPSA) is 52.9 Å². The third-order valence-electron chi connectivity index (χ3n) is 1.81. The van der Waals surface area contributed by atoms with Crippen LogP contribution >= 0.6 is 27.3 Å². The summed E-state index contributed by atoms with van der Waals surface area (Å²) in [6.07, 6.45) is 2.43. The van der Waals surface area contributed by atoms with Crippen molar-refractivity contribution in [2.24, 2.45) is 0 Å². The SMILES string of the molecule is CCCCC(=O)Nc1cc(Br)c(C#N)s1. The van der Waals surface area contributed by atoms with Crippen molar-refractivity contribution in [1.29, 1.82) is 5.26 Å². The summed E-state index contributed by atoms with van der Waals surface area (Å²) in [5, 5.41) is 12.2. The number of rotatable bonds is 4. The Kier molecular flexibility index (Phi) is 4.79. The van der Waals surface area contributed by atoms with Crippen LogP contribution in [0.4, 0.5) is 5.00 Å². The molecule has 0 aliphatic heterocycles. The molecule has 1 heterocycles. The molecular formula is C10H11BrN2OS. The fraction of sp³-hybridized carbons (Fsp3) is 0.400. The Morgan fingerprint density at radius 1 is 1.73 bits per heavy atom. The Bertz CT molecular complexity index is 395. The summed E-state index contributed by atoms with van der Waals surface area (Å²) in [7, 11) is 0. The molecule has 0 fully saturated rings. The lowest BCUT2D eigenvalue weighted by atomic mass is 10.2. The number of nitrogens with one attached hydrogen (secondary N) is 1. The van der Waals surface area contributed by atoms with E-state index in [1.807, 2.05) is 6.92 Å². The second-order valence-electron chi connectivity index (χ2n) is 3.05. The smallest absolute Gasteiger partial charge is 0.224 e. The Labute approximate surface area is 101 Å². The third-order valence-corrected chi connectivity index (χ3v) is 3.65. The predicted molar refractivity (Wildman–Crippen MR) is 64.9 cm³/mol. The Balaban J connectivity index is 2.58. The molecule has 0 radical (unpaired) electrons. The van der Waals surface area contributed by atoms with Crippen LogP contribution in [-0.4, -0.2) is 5.91 Å². The first-order chi connectivity index (χ1) is 7.17. The molecule has 0 atom stereocenters. The van der Waals surface area contributed by atoms with Gasteiger partial charge in [-0.25, -0.2) is 0 Å². The van der Waals surface area contributed by atoms with Crippen molar-refractivity contribution in [2.75, 3.05) is 5.32 Å².